The highest BCUT2D eigenvalue weighted by molar-refractivity contribution is 6.33. The van der Waals surface area contributed by atoms with Gasteiger partial charge in [0.2, 0.25) is 17.7 Å². The summed E-state index contributed by atoms with van der Waals surface area (Å²) in [5, 5.41) is 3.06. The summed E-state index contributed by atoms with van der Waals surface area (Å²) in [4.78, 5) is 23.5. The number of amides is 1. The van der Waals surface area contributed by atoms with E-state index in [9.17, 15) is 4.79 Å². The van der Waals surface area contributed by atoms with Crippen LogP contribution in [0.3, 0.4) is 0 Å². The second-order valence-electron chi connectivity index (χ2n) is 7.62. The molecule has 1 aliphatic rings. The van der Waals surface area contributed by atoms with E-state index >= 15 is 0 Å². The van der Waals surface area contributed by atoms with Gasteiger partial charge in [-0.1, -0.05) is 17.7 Å². The number of aromatic nitrogens is 3. The first-order valence-corrected chi connectivity index (χ1v) is 10.3. The SMILES string of the molecule is CC(=O)N[C@@H](C)CO[C@H]1C[C@H](COc2ncnc(OCc3ccc(C)cn3)c2Cl)C1. The van der Waals surface area contributed by atoms with Crippen molar-refractivity contribution in [2.45, 2.75) is 52.4 Å². The van der Waals surface area contributed by atoms with Gasteiger partial charge in [0.1, 0.15) is 12.9 Å². The number of pyridine rings is 1. The molecule has 1 aliphatic carbocycles. The maximum absolute atomic E-state index is 11.0. The minimum Gasteiger partial charge on any atom is -0.476 e. The molecule has 0 aliphatic heterocycles. The largest absolute Gasteiger partial charge is 0.476 e. The summed E-state index contributed by atoms with van der Waals surface area (Å²) in [6.45, 7) is 6.66. The Morgan fingerprint density at radius 3 is 2.63 bits per heavy atom. The highest BCUT2D eigenvalue weighted by Gasteiger charge is 2.31. The van der Waals surface area contributed by atoms with Gasteiger partial charge in [0, 0.05) is 19.2 Å². The summed E-state index contributed by atoms with van der Waals surface area (Å²) in [5.74, 6) is 0.900. The maximum atomic E-state index is 11.0. The number of aryl methyl sites for hydroxylation is 1. The van der Waals surface area contributed by atoms with Crippen molar-refractivity contribution >= 4 is 17.5 Å². The molecule has 1 fully saturated rings. The third-order valence-corrected chi connectivity index (χ3v) is 5.06. The van der Waals surface area contributed by atoms with E-state index in [1.807, 2.05) is 26.0 Å². The fourth-order valence-electron chi connectivity index (χ4n) is 3.08. The van der Waals surface area contributed by atoms with Gasteiger partial charge in [-0.15, -0.1) is 0 Å². The van der Waals surface area contributed by atoms with Crippen LogP contribution < -0.4 is 14.8 Å². The normalized spacial score (nSPS) is 18.9. The van der Waals surface area contributed by atoms with Gasteiger partial charge < -0.3 is 19.5 Å². The van der Waals surface area contributed by atoms with Crippen molar-refractivity contribution in [2.75, 3.05) is 13.2 Å². The Morgan fingerprint density at radius 1 is 1.23 bits per heavy atom. The number of carbonyl (C=O) groups is 1. The van der Waals surface area contributed by atoms with Crippen LogP contribution in [-0.4, -0.2) is 46.2 Å². The lowest BCUT2D eigenvalue weighted by Crippen LogP contribution is -2.40. The van der Waals surface area contributed by atoms with Crippen LogP contribution in [0.4, 0.5) is 0 Å². The van der Waals surface area contributed by atoms with Crippen molar-refractivity contribution in [3.63, 3.8) is 0 Å². The lowest BCUT2D eigenvalue weighted by Gasteiger charge is -2.35. The molecule has 0 bridgehead atoms. The van der Waals surface area contributed by atoms with E-state index in [1.165, 1.54) is 13.3 Å². The van der Waals surface area contributed by atoms with Gasteiger partial charge in [-0.3, -0.25) is 9.78 Å². The van der Waals surface area contributed by atoms with Gasteiger partial charge in [0.15, 0.2) is 5.02 Å². The maximum Gasteiger partial charge on any atom is 0.240 e. The van der Waals surface area contributed by atoms with Gasteiger partial charge in [-0.25, -0.2) is 9.97 Å². The molecular weight excluding hydrogens is 408 g/mol. The lowest BCUT2D eigenvalue weighted by atomic mass is 9.83. The van der Waals surface area contributed by atoms with Gasteiger partial charge >= 0.3 is 0 Å². The van der Waals surface area contributed by atoms with Crippen LogP contribution in [0, 0.1) is 12.8 Å². The molecule has 3 rings (SSSR count). The third-order valence-electron chi connectivity index (χ3n) is 4.73. The van der Waals surface area contributed by atoms with Gasteiger partial charge in [-0.2, -0.15) is 0 Å². The van der Waals surface area contributed by atoms with Crippen LogP contribution in [-0.2, 0) is 16.1 Å². The molecule has 1 amide bonds. The van der Waals surface area contributed by atoms with Crippen LogP contribution >= 0.6 is 11.6 Å². The van der Waals surface area contributed by atoms with Crippen molar-refractivity contribution in [3.05, 3.63) is 40.9 Å². The fraction of sp³-hybridized carbons (Fsp3) is 0.524. The highest BCUT2D eigenvalue weighted by Crippen LogP contribution is 2.34. The zero-order chi connectivity index (χ0) is 21.5. The van der Waals surface area contributed by atoms with Gasteiger partial charge in [-0.05, 0) is 44.2 Å². The van der Waals surface area contributed by atoms with Gasteiger partial charge in [0.25, 0.3) is 0 Å². The van der Waals surface area contributed by atoms with Crippen LogP contribution in [0.15, 0.2) is 24.7 Å². The molecule has 1 N–H and O–H groups in total. The molecule has 0 aromatic carbocycles. The van der Waals surface area contributed by atoms with Crippen LogP contribution in [0.2, 0.25) is 5.02 Å². The number of hydrogen-bond acceptors (Lipinski definition) is 7. The smallest absolute Gasteiger partial charge is 0.240 e. The summed E-state index contributed by atoms with van der Waals surface area (Å²) < 4.78 is 17.3. The van der Waals surface area contributed by atoms with E-state index in [-0.39, 0.29) is 35.6 Å². The molecule has 30 heavy (non-hydrogen) atoms. The van der Waals surface area contributed by atoms with Crippen LogP contribution in [0.25, 0.3) is 0 Å². The molecule has 9 heteroatoms. The summed E-state index contributed by atoms with van der Waals surface area (Å²) in [7, 11) is 0. The number of rotatable bonds is 10. The third kappa shape index (κ3) is 6.53. The second kappa shape index (κ2) is 10.5. The predicted octanol–water partition coefficient (Wildman–Crippen LogP) is 3.11. The highest BCUT2D eigenvalue weighted by atomic mass is 35.5. The standard InChI is InChI=1S/C21H27ClN4O4/c1-13-4-5-17(23-8-13)11-30-21-19(22)20(24-12-25-21)29-10-16-6-18(7-16)28-9-14(2)26-15(3)27/h4-5,8,12,14,16,18H,6-7,9-11H2,1-3H3,(H,26,27)/t14-,16-,18-/m0/s1. The first-order chi connectivity index (χ1) is 14.4. The van der Waals surface area contributed by atoms with Crippen molar-refractivity contribution < 1.29 is 19.0 Å². The van der Waals surface area contributed by atoms with Crippen molar-refractivity contribution in [1.82, 2.24) is 20.3 Å². The van der Waals surface area contributed by atoms with Crippen molar-refractivity contribution in [1.29, 1.82) is 0 Å². The molecule has 0 radical (unpaired) electrons. The molecule has 1 saturated carbocycles. The van der Waals surface area contributed by atoms with Crippen LogP contribution in [0.1, 0.15) is 37.9 Å². The minimum absolute atomic E-state index is 0.00570. The number of carbonyl (C=O) groups excluding carboxylic acids is 1. The van der Waals surface area contributed by atoms with E-state index in [0.717, 1.165) is 24.1 Å². The first kappa shape index (κ1) is 22.2. The molecule has 1 atom stereocenters. The van der Waals surface area contributed by atoms with E-state index < -0.39 is 0 Å². The number of hydrogen-bond donors (Lipinski definition) is 1. The predicted molar refractivity (Wildman–Crippen MR) is 112 cm³/mol. The first-order valence-electron chi connectivity index (χ1n) is 9.97. The number of nitrogens with zero attached hydrogens (tertiary/aromatic N) is 3. The van der Waals surface area contributed by atoms with E-state index in [1.54, 1.807) is 6.20 Å². The van der Waals surface area contributed by atoms with Crippen molar-refractivity contribution in [2.24, 2.45) is 5.92 Å². The molecule has 8 nitrogen and oxygen atoms in total. The fourth-order valence-corrected chi connectivity index (χ4v) is 3.29. The molecule has 2 heterocycles. The summed E-state index contributed by atoms with van der Waals surface area (Å²) in [5.41, 5.74) is 1.87. The molecule has 2 aromatic rings. The average molecular weight is 435 g/mol. The number of ether oxygens (including phenoxy) is 3. The lowest BCUT2D eigenvalue weighted by molar-refractivity contribution is -0.120. The topological polar surface area (TPSA) is 95.5 Å². The molecular formula is C21H27ClN4O4. The Kier molecular flexibility index (Phi) is 7.81. The Hall–Kier alpha value is -2.45. The Balaban J connectivity index is 1.40. The number of halogens is 1. The Labute approximate surface area is 181 Å². The summed E-state index contributed by atoms with van der Waals surface area (Å²) in [6.07, 6.45) is 5.15. The zero-order valence-electron chi connectivity index (χ0n) is 17.4. The summed E-state index contributed by atoms with van der Waals surface area (Å²) >= 11 is 6.35. The number of nitrogens with one attached hydrogen (secondary N) is 1. The average Bonchev–Trinajstić information content (AvgIpc) is 2.67. The van der Waals surface area contributed by atoms with Crippen molar-refractivity contribution in [3.8, 4) is 11.8 Å². The second-order valence-corrected chi connectivity index (χ2v) is 8.00. The van der Waals surface area contributed by atoms with E-state index in [0.29, 0.717) is 25.0 Å². The quantitative estimate of drug-likeness (QED) is 0.613. The Bertz CT molecular complexity index is 843. The monoisotopic (exact) mass is 434 g/mol. The molecule has 0 unspecified atom stereocenters. The Morgan fingerprint density at radius 2 is 1.97 bits per heavy atom. The molecule has 0 spiro atoms. The van der Waals surface area contributed by atoms with E-state index in [2.05, 4.69) is 20.3 Å². The molecule has 162 valence electrons. The molecule has 2 aromatic heterocycles. The minimum atomic E-state index is -0.0498. The zero-order valence-corrected chi connectivity index (χ0v) is 18.2. The van der Waals surface area contributed by atoms with E-state index in [4.69, 9.17) is 25.8 Å². The van der Waals surface area contributed by atoms with Crippen LogP contribution in [0.5, 0.6) is 11.8 Å². The summed E-state index contributed by atoms with van der Waals surface area (Å²) in [6, 6.07) is 3.87. The van der Waals surface area contributed by atoms with Gasteiger partial charge in [0.05, 0.1) is 25.0 Å². The molecule has 0 saturated heterocycles.